The molecular formula is C22H25ClN4O3. The average Bonchev–Trinajstić information content (AvgIpc) is 3.13. The Hall–Kier alpha value is -2.64. The van der Waals surface area contributed by atoms with Crippen LogP contribution in [-0.4, -0.2) is 45.1 Å². The molecule has 7 nitrogen and oxygen atoms in total. The van der Waals surface area contributed by atoms with Gasteiger partial charge < -0.3 is 14.5 Å². The van der Waals surface area contributed by atoms with Crippen LogP contribution in [0, 0.1) is 10.1 Å². The van der Waals surface area contributed by atoms with Crippen LogP contribution in [0.15, 0.2) is 60.2 Å². The van der Waals surface area contributed by atoms with E-state index in [2.05, 4.69) is 14.8 Å². The second kappa shape index (κ2) is 8.62. The SMILES string of the molecule is CC(C)OC1CC(c2ccccc2)C([N+](=O)[O-])=C2N(Cc3ccc(Cl)nc3)CCN21. The average molecular weight is 429 g/mol. The lowest BCUT2D eigenvalue weighted by molar-refractivity contribution is -0.436. The monoisotopic (exact) mass is 428 g/mol. The highest BCUT2D eigenvalue weighted by Gasteiger charge is 2.47. The number of aromatic nitrogens is 1. The number of ether oxygens (including phenoxy) is 1. The van der Waals surface area contributed by atoms with Crippen LogP contribution in [0.4, 0.5) is 0 Å². The molecule has 3 heterocycles. The number of hydrogen-bond donors (Lipinski definition) is 0. The first-order valence-electron chi connectivity index (χ1n) is 10.1. The van der Waals surface area contributed by atoms with E-state index in [4.69, 9.17) is 16.3 Å². The summed E-state index contributed by atoms with van der Waals surface area (Å²) in [4.78, 5) is 20.3. The molecule has 2 aliphatic heterocycles. The standard InChI is InChI=1S/C22H25ClN4O3/c1-15(2)30-20-12-18(17-6-4-3-5-7-17)21(27(28)29)22-25(10-11-26(20)22)14-16-8-9-19(23)24-13-16/h3-9,13,15,18,20H,10-12,14H2,1-2H3. The van der Waals surface area contributed by atoms with Gasteiger partial charge in [-0.05, 0) is 31.0 Å². The Kier molecular flexibility index (Phi) is 5.92. The minimum atomic E-state index is -0.333. The smallest absolute Gasteiger partial charge is 0.293 e. The predicted molar refractivity (Wildman–Crippen MR) is 114 cm³/mol. The van der Waals surface area contributed by atoms with Crippen LogP contribution in [0.1, 0.15) is 37.3 Å². The zero-order valence-electron chi connectivity index (χ0n) is 17.1. The number of benzene rings is 1. The second-order valence-electron chi connectivity index (χ2n) is 7.91. The highest BCUT2D eigenvalue weighted by atomic mass is 35.5. The van der Waals surface area contributed by atoms with E-state index in [1.54, 1.807) is 12.3 Å². The van der Waals surface area contributed by atoms with Crippen molar-refractivity contribution in [2.45, 2.75) is 45.1 Å². The number of nitrogens with zero attached hydrogens (tertiary/aromatic N) is 4. The van der Waals surface area contributed by atoms with E-state index in [1.807, 2.05) is 50.2 Å². The molecule has 2 unspecified atom stereocenters. The van der Waals surface area contributed by atoms with Crippen LogP contribution in [0.2, 0.25) is 5.15 Å². The summed E-state index contributed by atoms with van der Waals surface area (Å²) in [5.41, 5.74) is 2.14. The van der Waals surface area contributed by atoms with Crippen LogP contribution >= 0.6 is 11.6 Å². The molecule has 0 bridgehead atoms. The van der Waals surface area contributed by atoms with Gasteiger partial charge in [-0.25, -0.2) is 4.98 Å². The molecule has 1 saturated heterocycles. The van der Waals surface area contributed by atoms with Gasteiger partial charge in [-0.15, -0.1) is 0 Å². The van der Waals surface area contributed by atoms with Crippen molar-refractivity contribution in [2.75, 3.05) is 13.1 Å². The number of nitro groups is 1. The third-order valence-corrected chi connectivity index (χ3v) is 5.74. The van der Waals surface area contributed by atoms with Crippen LogP contribution in [0.3, 0.4) is 0 Å². The second-order valence-corrected chi connectivity index (χ2v) is 8.30. The maximum Gasteiger partial charge on any atom is 0.293 e. The third-order valence-electron chi connectivity index (χ3n) is 5.52. The third kappa shape index (κ3) is 4.13. The molecule has 1 aromatic carbocycles. The fourth-order valence-electron chi connectivity index (χ4n) is 4.31. The van der Waals surface area contributed by atoms with Gasteiger partial charge in [-0.2, -0.15) is 0 Å². The molecule has 0 radical (unpaired) electrons. The lowest BCUT2D eigenvalue weighted by Gasteiger charge is -2.38. The van der Waals surface area contributed by atoms with Crippen molar-refractivity contribution in [3.63, 3.8) is 0 Å². The zero-order chi connectivity index (χ0) is 21.3. The zero-order valence-corrected chi connectivity index (χ0v) is 17.8. The molecule has 2 atom stereocenters. The number of fused-ring (bicyclic) bond motifs is 1. The molecule has 0 spiro atoms. The molecule has 0 aliphatic carbocycles. The molecule has 0 amide bonds. The van der Waals surface area contributed by atoms with E-state index >= 15 is 0 Å². The minimum absolute atomic E-state index is 0.0272. The van der Waals surface area contributed by atoms with E-state index in [0.29, 0.717) is 37.0 Å². The molecule has 1 aromatic heterocycles. The summed E-state index contributed by atoms with van der Waals surface area (Å²) in [5, 5.41) is 12.7. The Balaban J connectivity index is 1.76. The van der Waals surface area contributed by atoms with Gasteiger partial charge in [0.05, 0.1) is 16.9 Å². The first-order chi connectivity index (χ1) is 14.4. The lowest BCUT2D eigenvalue weighted by Crippen LogP contribution is -2.44. The molecule has 1 fully saturated rings. The molecular weight excluding hydrogens is 404 g/mol. The van der Waals surface area contributed by atoms with Crippen molar-refractivity contribution in [1.82, 2.24) is 14.8 Å². The van der Waals surface area contributed by atoms with Crippen molar-refractivity contribution in [1.29, 1.82) is 0 Å². The van der Waals surface area contributed by atoms with Crippen LogP contribution in [-0.2, 0) is 11.3 Å². The predicted octanol–water partition coefficient (Wildman–Crippen LogP) is 4.24. The van der Waals surface area contributed by atoms with Crippen LogP contribution in [0.25, 0.3) is 0 Å². The van der Waals surface area contributed by atoms with Gasteiger partial charge in [0.1, 0.15) is 11.4 Å². The highest BCUT2D eigenvalue weighted by Crippen LogP contribution is 2.43. The van der Waals surface area contributed by atoms with Gasteiger partial charge in [0.2, 0.25) is 0 Å². The number of allylic oxidation sites excluding steroid dienone is 1. The number of halogens is 1. The molecule has 2 aromatic rings. The van der Waals surface area contributed by atoms with Crippen molar-refractivity contribution in [2.24, 2.45) is 0 Å². The normalized spacial score (nSPS) is 21.3. The van der Waals surface area contributed by atoms with Crippen molar-refractivity contribution >= 4 is 11.6 Å². The molecule has 4 rings (SSSR count). The Morgan fingerprint density at radius 1 is 1.23 bits per heavy atom. The highest BCUT2D eigenvalue weighted by molar-refractivity contribution is 6.29. The molecule has 0 saturated carbocycles. The number of rotatable bonds is 6. The topological polar surface area (TPSA) is 71.7 Å². The summed E-state index contributed by atoms with van der Waals surface area (Å²) < 4.78 is 6.21. The summed E-state index contributed by atoms with van der Waals surface area (Å²) in [6.45, 7) is 5.90. The van der Waals surface area contributed by atoms with E-state index < -0.39 is 0 Å². The van der Waals surface area contributed by atoms with Gasteiger partial charge in [-0.3, -0.25) is 10.1 Å². The number of pyridine rings is 1. The van der Waals surface area contributed by atoms with Crippen LogP contribution < -0.4 is 0 Å². The van der Waals surface area contributed by atoms with Gasteiger partial charge in [0.15, 0.2) is 5.82 Å². The fraction of sp³-hybridized carbons (Fsp3) is 0.409. The van der Waals surface area contributed by atoms with Gasteiger partial charge in [-0.1, -0.05) is 48.0 Å². The Bertz CT molecular complexity index is 933. The van der Waals surface area contributed by atoms with E-state index in [9.17, 15) is 10.1 Å². The molecule has 0 N–H and O–H groups in total. The van der Waals surface area contributed by atoms with E-state index in [-0.39, 0.29) is 28.9 Å². The van der Waals surface area contributed by atoms with E-state index in [0.717, 1.165) is 11.1 Å². The Labute approximate surface area is 181 Å². The van der Waals surface area contributed by atoms with Gasteiger partial charge >= 0.3 is 0 Å². The first kappa shape index (κ1) is 20.6. The number of hydrogen-bond acceptors (Lipinski definition) is 6. The van der Waals surface area contributed by atoms with Gasteiger partial charge in [0, 0.05) is 32.3 Å². The first-order valence-corrected chi connectivity index (χ1v) is 10.5. The molecule has 2 aliphatic rings. The quantitative estimate of drug-likeness (QED) is 0.389. The van der Waals surface area contributed by atoms with Crippen LogP contribution in [0.5, 0.6) is 0 Å². The summed E-state index contributed by atoms with van der Waals surface area (Å²) in [6.07, 6.45) is 2.09. The maximum atomic E-state index is 12.3. The summed E-state index contributed by atoms with van der Waals surface area (Å²) in [5.74, 6) is 0.320. The van der Waals surface area contributed by atoms with Crippen molar-refractivity contribution in [3.8, 4) is 0 Å². The van der Waals surface area contributed by atoms with E-state index in [1.165, 1.54) is 0 Å². The summed E-state index contributed by atoms with van der Waals surface area (Å²) in [7, 11) is 0. The summed E-state index contributed by atoms with van der Waals surface area (Å²) in [6, 6.07) is 13.3. The molecule has 8 heteroatoms. The van der Waals surface area contributed by atoms with Crippen molar-refractivity contribution in [3.05, 3.63) is 86.6 Å². The maximum absolute atomic E-state index is 12.3. The Morgan fingerprint density at radius 2 is 2.00 bits per heavy atom. The molecule has 158 valence electrons. The fourth-order valence-corrected chi connectivity index (χ4v) is 4.43. The van der Waals surface area contributed by atoms with Gasteiger partial charge in [0.25, 0.3) is 5.70 Å². The largest absolute Gasteiger partial charge is 0.356 e. The minimum Gasteiger partial charge on any atom is -0.356 e. The van der Waals surface area contributed by atoms with Crippen molar-refractivity contribution < 1.29 is 9.66 Å². The summed E-state index contributed by atoms with van der Waals surface area (Å²) >= 11 is 5.91. The molecule has 30 heavy (non-hydrogen) atoms. The lowest BCUT2D eigenvalue weighted by atomic mass is 9.88. The Morgan fingerprint density at radius 3 is 2.63 bits per heavy atom.